The first-order chi connectivity index (χ1) is 7.94. The Morgan fingerprint density at radius 1 is 1.47 bits per heavy atom. The maximum Gasteiger partial charge on any atom is 0.377 e. The lowest BCUT2D eigenvalue weighted by Gasteiger charge is -2.27. The summed E-state index contributed by atoms with van der Waals surface area (Å²) < 4.78 is 9.82. The molecule has 0 radical (unpaired) electrons. The number of ether oxygens (including phenoxy) is 1. The Labute approximate surface area is 99.1 Å². The summed E-state index contributed by atoms with van der Waals surface area (Å²) >= 11 is 0. The van der Waals surface area contributed by atoms with Crippen LogP contribution in [0.15, 0.2) is 4.52 Å². The van der Waals surface area contributed by atoms with Crippen LogP contribution in [0.1, 0.15) is 53.8 Å². The van der Waals surface area contributed by atoms with E-state index in [2.05, 4.69) is 5.16 Å². The third-order valence-electron chi connectivity index (χ3n) is 2.81. The SMILES string of the molecule is CCOC(=O)c1onc2c1CC(C)(C)CC2=O. The molecule has 0 amide bonds. The monoisotopic (exact) mass is 237 g/mol. The fraction of sp³-hybridized carbons (Fsp3) is 0.583. The third kappa shape index (κ3) is 2.09. The first kappa shape index (κ1) is 11.8. The summed E-state index contributed by atoms with van der Waals surface area (Å²) in [4.78, 5) is 23.4. The minimum atomic E-state index is -0.549. The first-order valence-electron chi connectivity index (χ1n) is 5.63. The highest BCUT2D eigenvalue weighted by Crippen LogP contribution is 2.36. The average Bonchev–Trinajstić information content (AvgIpc) is 2.59. The van der Waals surface area contributed by atoms with Crippen molar-refractivity contribution in [3.63, 3.8) is 0 Å². The molecule has 92 valence electrons. The number of ketones is 1. The van der Waals surface area contributed by atoms with E-state index in [4.69, 9.17) is 9.26 Å². The average molecular weight is 237 g/mol. The summed E-state index contributed by atoms with van der Waals surface area (Å²) in [6.07, 6.45) is 1.03. The molecule has 1 heterocycles. The van der Waals surface area contributed by atoms with Gasteiger partial charge >= 0.3 is 5.97 Å². The van der Waals surface area contributed by atoms with E-state index in [-0.39, 0.29) is 29.3 Å². The number of esters is 1. The van der Waals surface area contributed by atoms with Gasteiger partial charge in [0.1, 0.15) is 0 Å². The predicted molar refractivity (Wildman–Crippen MR) is 58.9 cm³/mol. The lowest BCUT2D eigenvalue weighted by molar-refractivity contribution is 0.0477. The standard InChI is InChI=1S/C12H15NO4/c1-4-16-11(15)10-7-5-12(2,3)6-8(14)9(7)13-17-10/h4-6H2,1-3H3. The quantitative estimate of drug-likeness (QED) is 0.736. The van der Waals surface area contributed by atoms with Crippen molar-refractivity contribution < 1.29 is 18.8 Å². The molecule has 0 unspecified atom stereocenters. The van der Waals surface area contributed by atoms with Gasteiger partial charge in [-0.3, -0.25) is 4.79 Å². The topological polar surface area (TPSA) is 69.4 Å². The Morgan fingerprint density at radius 3 is 2.82 bits per heavy atom. The van der Waals surface area contributed by atoms with Crippen LogP contribution in [0.4, 0.5) is 0 Å². The molecule has 0 N–H and O–H groups in total. The molecule has 5 nitrogen and oxygen atoms in total. The highest BCUT2D eigenvalue weighted by Gasteiger charge is 2.37. The second-order valence-corrected chi connectivity index (χ2v) is 5.00. The smallest absolute Gasteiger partial charge is 0.377 e. The summed E-state index contributed by atoms with van der Waals surface area (Å²) in [6, 6.07) is 0. The fourth-order valence-corrected chi connectivity index (χ4v) is 2.11. The highest BCUT2D eigenvalue weighted by molar-refractivity contribution is 6.00. The Hall–Kier alpha value is -1.65. The minimum absolute atomic E-state index is 0.0722. The van der Waals surface area contributed by atoms with Crippen molar-refractivity contribution in [2.75, 3.05) is 6.61 Å². The molecule has 17 heavy (non-hydrogen) atoms. The summed E-state index contributed by atoms with van der Waals surface area (Å²) in [5.41, 5.74) is 0.703. The first-order valence-corrected chi connectivity index (χ1v) is 5.63. The van der Waals surface area contributed by atoms with Crippen LogP contribution in [0.2, 0.25) is 0 Å². The Kier molecular flexibility index (Phi) is 2.77. The van der Waals surface area contributed by atoms with E-state index in [0.717, 1.165) is 0 Å². The summed E-state index contributed by atoms with van der Waals surface area (Å²) in [5.74, 6) is -0.551. The van der Waals surface area contributed by atoms with Crippen molar-refractivity contribution in [3.05, 3.63) is 17.0 Å². The molecule has 0 bridgehead atoms. The van der Waals surface area contributed by atoms with Crippen LogP contribution in [0.5, 0.6) is 0 Å². The number of carbonyl (C=O) groups is 2. The van der Waals surface area contributed by atoms with Crippen LogP contribution >= 0.6 is 0 Å². The van der Waals surface area contributed by atoms with Gasteiger partial charge in [0.25, 0.3) is 0 Å². The number of fused-ring (bicyclic) bond motifs is 1. The molecule has 2 rings (SSSR count). The number of carbonyl (C=O) groups excluding carboxylic acids is 2. The molecule has 0 saturated heterocycles. The van der Waals surface area contributed by atoms with Crippen LogP contribution in [-0.2, 0) is 11.2 Å². The number of aromatic nitrogens is 1. The molecular weight excluding hydrogens is 222 g/mol. The van der Waals surface area contributed by atoms with Crippen molar-refractivity contribution in [1.29, 1.82) is 0 Å². The van der Waals surface area contributed by atoms with E-state index in [0.29, 0.717) is 18.4 Å². The van der Waals surface area contributed by atoms with Gasteiger partial charge in [-0.2, -0.15) is 0 Å². The third-order valence-corrected chi connectivity index (χ3v) is 2.81. The van der Waals surface area contributed by atoms with Crippen molar-refractivity contribution in [1.82, 2.24) is 5.16 Å². The second kappa shape index (κ2) is 3.98. The number of Topliss-reactive ketones (excluding diaryl/α,β-unsaturated/α-hetero) is 1. The summed E-state index contributed by atoms with van der Waals surface area (Å²) in [6.45, 7) is 5.95. The molecule has 1 aromatic rings. The number of hydrogen-bond acceptors (Lipinski definition) is 5. The molecule has 0 atom stereocenters. The summed E-state index contributed by atoms with van der Waals surface area (Å²) in [7, 11) is 0. The predicted octanol–water partition coefficient (Wildman–Crippen LogP) is 2.01. The van der Waals surface area contributed by atoms with Crippen LogP contribution in [0, 0.1) is 5.41 Å². The Bertz CT molecular complexity index is 473. The highest BCUT2D eigenvalue weighted by atomic mass is 16.6. The molecule has 0 aromatic carbocycles. The van der Waals surface area contributed by atoms with E-state index in [9.17, 15) is 9.59 Å². The number of rotatable bonds is 2. The lowest BCUT2D eigenvalue weighted by atomic mass is 9.75. The number of hydrogen-bond donors (Lipinski definition) is 0. The van der Waals surface area contributed by atoms with Crippen LogP contribution < -0.4 is 0 Å². The van der Waals surface area contributed by atoms with Crippen LogP contribution in [0.25, 0.3) is 0 Å². The fourth-order valence-electron chi connectivity index (χ4n) is 2.11. The molecular formula is C12H15NO4. The van der Waals surface area contributed by atoms with Gasteiger partial charge in [-0.05, 0) is 18.8 Å². The van der Waals surface area contributed by atoms with Crippen LogP contribution in [0.3, 0.4) is 0 Å². The second-order valence-electron chi connectivity index (χ2n) is 5.00. The van der Waals surface area contributed by atoms with E-state index in [1.807, 2.05) is 13.8 Å². The van der Waals surface area contributed by atoms with E-state index in [1.165, 1.54) is 0 Å². The molecule has 0 aliphatic heterocycles. The van der Waals surface area contributed by atoms with Crippen LogP contribution in [-0.4, -0.2) is 23.5 Å². The molecule has 0 spiro atoms. The van der Waals surface area contributed by atoms with Gasteiger partial charge in [0.05, 0.1) is 6.61 Å². The molecule has 1 aliphatic carbocycles. The Balaban J connectivity index is 2.40. The summed E-state index contributed by atoms with van der Waals surface area (Å²) in [5, 5.41) is 3.68. The largest absolute Gasteiger partial charge is 0.460 e. The van der Waals surface area contributed by atoms with E-state index in [1.54, 1.807) is 6.92 Å². The van der Waals surface area contributed by atoms with Gasteiger partial charge < -0.3 is 9.26 Å². The molecule has 1 aliphatic rings. The van der Waals surface area contributed by atoms with Gasteiger partial charge in [0, 0.05) is 12.0 Å². The zero-order valence-corrected chi connectivity index (χ0v) is 10.2. The minimum Gasteiger partial charge on any atom is -0.460 e. The van der Waals surface area contributed by atoms with Crippen molar-refractivity contribution in [2.24, 2.45) is 5.41 Å². The Morgan fingerprint density at radius 2 is 2.18 bits per heavy atom. The van der Waals surface area contributed by atoms with E-state index < -0.39 is 5.97 Å². The van der Waals surface area contributed by atoms with Gasteiger partial charge in [-0.1, -0.05) is 19.0 Å². The maximum absolute atomic E-state index is 11.8. The van der Waals surface area contributed by atoms with Gasteiger partial charge in [-0.15, -0.1) is 0 Å². The van der Waals surface area contributed by atoms with Gasteiger partial charge in [0.2, 0.25) is 5.76 Å². The molecule has 1 aromatic heterocycles. The molecule has 5 heteroatoms. The zero-order valence-electron chi connectivity index (χ0n) is 10.2. The lowest BCUT2D eigenvalue weighted by Crippen LogP contribution is -2.27. The maximum atomic E-state index is 11.8. The van der Waals surface area contributed by atoms with Gasteiger partial charge in [0.15, 0.2) is 11.5 Å². The molecule has 0 saturated carbocycles. The van der Waals surface area contributed by atoms with Crippen molar-refractivity contribution >= 4 is 11.8 Å². The van der Waals surface area contributed by atoms with E-state index >= 15 is 0 Å². The number of nitrogens with zero attached hydrogens (tertiary/aromatic N) is 1. The zero-order chi connectivity index (χ0) is 12.6. The van der Waals surface area contributed by atoms with Crippen molar-refractivity contribution in [2.45, 2.75) is 33.6 Å². The van der Waals surface area contributed by atoms with Crippen molar-refractivity contribution in [3.8, 4) is 0 Å². The van der Waals surface area contributed by atoms with Gasteiger partial charge in [-0.25, -0.2) is 4.79 Å². The molecule has 0 fully saturated rings. The normalized spacial score (nSPS) is 17.7.